The molecule has 0 spiro atoms. The number of benzene rings is 1. The van der Waals surface area contributed by atoms with E-state index in [0.717, 1.165) is 18.4 Å². The molecule has 0 aromatic heterocycles. The number of aliphatic hydroxyl groups is 1. The van der Waals surface area contributed by atoms with E-state index in [9.17, 15) is 10.2 Å². The highest BCUT2D eigenvalue weighted by Gasteiger charge is 2.11. The summed E-state index contributed by atoms with van der Waals surface area (Å²) in [5.41, 5.74) is 1.68. The third-order valence-electron chi connectivity index (χ3n) is 3.88. The Morgan fingerprint density at radius 2 is 1.55 bits per heavy atom. The molecule has 20 heavy (non-hydrogen) atoms. The summed E-state index contributed by atoms with van der Waals surface area (Å²) in [6, 6.07) is 5.48. The number of phenols is 1. The normalized spacial score (nSPS) is 12.6. The number of phenolic OH excluding ortho intramolecular Hbond substituents is 1. The van der Waals surface area contributed by atoms with E-state index in [1.54, 1.807) is 6.07 Å². The SMILES string of the molecule is CCCCCCCCCC[C@H](O)c1ccc(C)cc1O. The summed E-state index contributed by atoms with van der Waals surface area (Å²) in [6.07, 6.45) is 10.3. The minimum absolute atomic E-state index is 0.220. The quantitative estimate of drug-likeness (QED) is 0.573. The molecule has 1 aromatic rings. The molecule has 0 saturated carbocycles. The van der Waals surface area contributed by atoms with E-state index in [1.807, 2.05) is 19.1 Å². The van der Waals surface area contributed by atoms with Crippen molar-refractivity contribution < 1.29 is 10.2 Å². The fourth-order valence-corrected chi connectivity index (χ4v) is 2.56. The zero-order valence-electron chi connectivity index (χ0n) is 13.1. The van der Waals surface area contributed by atoms with Crippen molar-refractivity contribution >= 4 is 0 Å². The van der Waals surface area contributed by atoms with Crippen LogP contribution < -0.4 is 0 Å². The predicted octanol–water partition coefficient (Wildman–Crippen LogP) is 5.26. The molecule has 0 aliphatic carbocycles. The minimum Gasteiger partial charge on any atom is -0.508 e. The second-order valence-electron chi connectivity index (χ2n) is 5.84. The van der Waals surface area contributed by atoms with Crippen molar-refractivity contribution in [1.29, 1.82) is 0 Å². The summed E-state index contributed by atoms with van der Waals surface area (Å²) < 4.78 is 0. The highest BCUT2D eigenvalue weighted by molar-refractivity contribution is 5.37. The average Bonchev–Trinajstić information content (AvgIpc) is 2.41. The first kappa shape index (κ1) is 17.0. The van der Waals surface area contributed by atoms with Crippen LogP contribution in [-0.4, -0.2) is 10.2 Å². The largest absolute Gasteiger partial charge is 0.508 e. The molecule has 0 aliphatic rings. The van der Waals surface area contributed by atoms with Gasteiger partial charge < -0.3 is 10.2 Å². The molecule has 0 amide bonds. The van der Waals surface area contributed by atoms with Gasteiger partial charge in [0.1, 0.15) is 5.75 Å². The van der Waals surface area contributed by atoms with Gasteiger partial charge in [-0.1, -0.05) is 70.4 Å². The predicted molar refractivity (Wildman–Crippen MR) is 85.0 cm³/mol. The van der Waals surface area contributed by atoms with E-state index in [2.05, 4.69) is 6.92 Å². The van der Waals surface area contributed by atoms with E-state index in [1.165, 1.54) is 44.9 Å². The van der Waals surface area contributed by atoms with Crippen molar-refractivity contribution in [1.82, 2.24) is 0 Å². The van der Waals surface area contributed by atoms with Crippen LogP contribution >= 0.6 is 0 Å². The minimum atomic E-state index is -0.532. The number of hydrogen-bond acceptors (Lipinski definition) is 2. The van der Waals surface area contributed by atoms with E-state index in [0.29, 0.717) is 5.56 Å². The molecule has 0 unspecified atom stereocenters. The smallest absolute Gasteiger partial charge is 0.121 e. The van der Waals surface area contributed by atoms with Gasteiger partial charge in [0.05, 0.1) is 6.10 Å². The summed E-state index contributed by atoms with van der Waals surface area (Å²) in [5.74, 6) is 0.220. The van der Waals surface area contributed by atoms with Crippen molar-refractivity contribution in [2.75, 3.05) is 0 Å². The third kappa shape index (κ3) is 6.42. The van der Waals surface area contributed by atoms with E-state index in [4.69, 9.17) is 0 Å². The van der Waals surface area contributed by atoms with Crippen molar-refractivity contribution in [2.24, 2.45) is 0 Å². The maximum atomic E-state index is 10.1. The van der Waals surface area contributed by atoms with Gasteiger partial charge in [-0.2, -0.15) is 0 Å². The topological polar surface area (TPSA) is 40.5 Å². The lowest BCUT2D eigenvalue weighted by atomic mass is 10.00. The Hall–Kier alpha value is -1.02. The zero-order chi connectivity index (χ0) is 14.8. The Morgan fingerprint density at radius 1 is 0.950 bits per heavy atom. The lowest BCUT2D eigenvalue weighted by Gasteiger charge is -2.13. The maximum Gasteiger partial charge on any atom is 0.121 e. The van der Waals surface area contributed by atoms with Crippen LogP contribution in [0.15, 0.2) is 18.2 Å². The maximum absolute atomic E-state index is 10.1. The lowest BCUT2D eigenvalue weighted by molar-refractivity contribution is 0.159. The molecule has 1 atom stereocenters. The zero-order valence-corrected chi connectivity index (χ0v) is 13.1. The Labute approximate surface area is 123 Å². The summed E-state index contributed by atoms with van der Waals surface area (Å²) in [6.45, 7) is 4.18. The van der Waals surface area contributed by atoms with Crippen LogP contribution in [0.4, 0.5) is 0 Å². The van der Waals surface area contributed by atoms with Crippen LogP contribution in [0, 0.1) is 6.92 Å². The Morgan fingerprint density at radius 3 is 2.15 bits per heavy atom. The first-order chi connectivity index (χ1) is 9.65. The van der Waals surface area contributed by atoms with Crippen molar-refractivity contribution in [3.8, 4) is 5.75 Å². The molecule has 2 nitrogen and oxygen atoms in total. The van der Waals surface area contributed by atoms with Gasteiger partial charge in [0, 0.05) is 5.56 Å². The van der Waals surface area contributed by atoms with Crippen LogP contribution in [0.3, 0.4) is 0 Å². The molecule has 0 heterocycles. The summed E-state index contributed by atoms with van der Waals surface area (Å²) in [7, 11) is 0. The molecule has 0 aliphatic heterocycles. The highest BCUT2D eigenvalue weighted by atomic mass is 16.3. The molecule has 2 heteroatoms. The fourth-order valence-electron chi connectivity index (χ4n) is 2.56. The van der Waals surface area contributed by atoms with Gasteiger partial charge in [-0.15, -0.1) is 0 Å². The summed E-state index contributed by atoms with van der Waals surface area (Å²) in [4.78, 5) is 0. The van der Waals surface area contributed by atoms with Gasteiger partial charge in [-0.25, -0.2) is 0 Å². The highest BCUT2D eigenvalue weighted by Crippen LogP contribution is 2.28. The Balaban J connectivity index is 2.15. The monoisotopic (exact) mass is 278 g/mol. The van der Waals surface area contributed by atoms with Gasteiger partial charge in [-0.05, 0) is 25.0 Å². The molecule has 0 saturated heterocycles. The Bertz CT molecular complexity index is 374. The molecule has 1 aromatic carbocycles. The van der Waals surface area contributed by atoms with Gasteiger partial charge in [0.15, 0.2) is 0 Å². The molecule has 2 N–H and O–H groups in total. The Kier molecular flexibility index (Phi) is 8.36. The first-order valence-corrected chi connectivity index (χ1v) is 8.12. The third-order valence-corrected chi connectivity index (χ3v) is 3.88. The number of aromatic hydroxyl groups is 1. The summed E-state index contributed by atoms with van der Waals surface area (Å²) >= 11 is 0. The molecule has 1 rings (SSSR count). The van der Waals surface area contributed by atoms with Crippen LogP contribution in [0.25, 0.3) is 0 Å². The van der Waals surface area contributed by atoms with Crippen LogP contribution in [-0.2, 0) is 0 Å². The van der Waals surface area contributed by atoms with Crippen LogP contribution in [0.5, 0.6) is 5.75 Å². The van der Waals surface area contributed by atoms with Crippen LogP contribution in [0.1, 0.15) is 81.9 Å². The number of hydrogen-bond donors (Lipinski definition) is 2. The van der Waals surface area contributed by atoms with E-state index >= 15 is 0 Å². The van der Waals surface area contributed by atoms with Gasteiger partial charge >= 0.3 is 0 Å². The van der Waals surface area contributed by atoms with Crippen molar-refractivity contribution in [2.45, 2.75) is 77.7 Å². The molecule has 0 fully saturated rings. The number of unbranched alkanes of at least 4 members (excludes halogenated alkanes) is 7. The standard InChI is InChI=1S/C18H30O2/c1-3-4-5-6-7-8-9-10-11-17(19)16-13-12-15(2)14-18(16)20/h12-14,17,19-20H,3-11H2,1-2H3/t17-/m0/s1. The van der Waals surface area contributed by atoms with E-state index < -0.39 is 6.10 Å². The fraction of sp³-hybridized carbons (Fsp3) is 0.667. The van der Waals surface area contributed by atoms with Gasteiger partial charge in [0.25, 0.3) is 0 Å². The first-order valence-electron chi connectivity index (χ1n) is 8.12. The van der Waals surface area contributed by atoms with Gasteiger partial charge in [0.2, 0.25) is 0 Å². The second-order valence-corrected chi connectivity index (χ2v) is 5.84. The van der Waals surface area contributed by atoms with Crippen molar-refractivity contribution in [3.63, 3.8) is 0 Å². The van der Waals surface area contributed by atoms with Crippen molar-refractivity contribution in [3.05, 3.63) is 29.3 Å². The number of aliphatic hydroxyl groups excluding tert-OH is 1. The second kappa shape index (κ2) is 9.82. The molecule has 0 bridgehead atoms. The molecular formula is C18H30O2. The number of aryl methyl sites for hydroxylation is 1. The average molecular weight is 278 g/mol. The lowest BCUT2D eigenvalue weighted by Crippen LogP contribution is -1.98. The van der Waals surface area contributed by atoms with Gasteiger partial charge in [-0.3, -0.25) is 0 Å². The number of rotatable bonds is 10. The summed E-state index contributed by atoms with van der Waals surface area (Å²) in [5, 5.41) is 19.9. The molecular weight excluding hydrogens is 248 g/mol. The molecule has 114 valence electrons. The van der Waals surface area contributed by atoms with Crippen LogP contribution in [0.2, 0.25) is 0 Å². The van der Waals surface area contributed by atoms with E-state index in [-0.39, 0.29) is 5.75 Å². The molecule has 0 radical (unpaired) electrons.